The lowest BCUT2D eigenvalue weighted by Crippen LogP contribution is -2.43. The molecule has 1 aliphatic rings. The van der Waals surface area contributed by atoms with E-state index in [9.17, 15) is 15.0 Å². The number of hydrogen-bond acceptors (Lipinski definition) is 2. The molecule has 106 valence electrons. The highest BCUT2D eigenvalue weighted by Gasteiger charge is 2.48. The molecule has 2 aromatic rings. The monoisotopic (exact) mass is 280 g/mol. The highest BCUT2D eigenvalue weighted by Crippen LogP contribution is 2.44. The van der Waals surface area contributed by atoms with Crippen LogP contribution < -0.4 is 0 Å². The van der Waals surface area contributed by atoms with E-state index in [1.807, 2.05) is 49.4 Å². The van der Waals surface area contributed by atoms with Crippen LogP contribution in [0.5, 0.6) is 0 Å². The zero-order chi connectivity index (χ0) is 15.0. The lowest BCUT2D eigenvalue weighted by Gasteiger charge is -2.36. The van der Waals surface area contributed by atoms with Gasteiger partial charge in [0.1, 0.15) is 0 Å². The standard InChI is InChI=1S/C18H16O3/c1-12-6-2-4-8-14(12)16-11-10-13-7-3-5-9-15(13)18(16,21)17(19)20/h2-11,16,21H,1H3,(H,19,20). The Morgan fingerprint density at radius 2 is 1.76 bits per heavy atom. The molecule has 0 bridgehead atoms. The molecular formula is C18H16O3. The van der Waals surface area contributed by atoms with Gasteiger partial charge in [-0.2, -0.15) is 0 Å². The third-order valence-corrected chi connectivity index (χ3v) is 4.14. The van der Waals surface area contributed by atoms with Crippen molar-refractivity contribution in [2.45, 2.75) is 18.4 Å². The van der Waals surface area contributed by atoms with E-state index in [0.29, 0.717) is 5.56 Å². The predicted molar refractivity (Wildman–Crippen MR) is 80.9 cm³/mol. The molecule has 0 saturated heterocycles. The van der Waals surface area contributed by atoms with E-state index in [1.165, 1.54) is 0 Å². The Kier molecular flexibility index (Phi) is 3.15. The molecule has 2 atom stereocenters. The maximum atomic E-state index is 11.8. The van der Waals surface area contributed by atoms with Crippen LogP contribution in [0.25, 0.3) is 6.08 Å². The zero-order valence-corrected chi connectivity index (χ0v) is 11.7. The van der Waals surface area contributed by atoms with E-state index < -0.39 is 17.5 Å². The molecule has 0 aliphatic heterocycles. The molecule has 21 heavy (non-hydrogen) atoms. The van der Waals surface area contributed by atoms with Gasteiger partial charge in [-0.25, -0.2) is 4.79 Å². The summed E-state index contributed by atoms with van der Waals surface area (Å²) in [6, 6.07) is 14.6. The highest BCUT2D eigenvalue weighted by molar-refractivity contribution is 5.85. The van der Waals surface area contributed by atoms with Crippen LogP contribution in [0.15, 0.2) is 54.6 Å². The zero-order valence-electron chi connectivity index (χ0n) is 11.7. The molecule has 2 aromatic carbocycles. The number of aliphatic carboxylic acids is 1. The lowest BCUT2D eigenvalue weighted by atomic mass is 9.71. The molecule has 0 radical (unpaired) electrons. The first-order chi connectivity index (χ1) is 10.0. The minimum atomic E-state index is -1.95. The third kappa shape index (κ3) is 1.98. The molecule has 0 heterocycles. The van der Waals surface area contributed by atoms with Crippen LogP contribution >= 0.6 is 0 Å². The number of benzene rings is 2. The summed E-state index contributed by atoms with van der Waals surface area (Å²) in [6.07, 6.45) is 3.66. The molecule has 0 saturated carbocycles. The first kappa shape index (κ1) is 13.6. The van der Waals surface area contributed by atoms with Gasteiger partial charge in [0, 0.05) is 11.5 Å². The lowest BCUT2D eigenvalue weighted by molar-refractivity contribution is -0.161. The van der Waals surface area contributed by atoms with Gasteiger partial charge in [0.2, 0.25) is 0 Å². The number of rotatable bonds is 2. The van der Waals surface area contributed by atoms with E-state index in [0.717, 1.165) is 16.7 Å². The van der Waals surface area contributed by atoms with Crippen molar-refractivity contribution >= 4 is 12.0 Å². The second-order valence-corrected chi connectivity index (χ2v) is 5.35. The van der Waals surface area contributed by atoms with Crippen molar-refractivity contribution in [2.24, 2.45) is 0 Å². The number of carboxylic acid groups (broad SMARTS) is 1. The fourth-order valence-electron chi connectivity index (χ4n) is 3.01. The smallest absolute Gasteiger partial charge is 0.341 e. The summed E-state index contributed by atoms with van der Waals surface area (Å²) in [5.41, 5.74) is 1.03. The first-order valence-corrected chi connectivity index (χ1v) is 6.84. The average Bonchev–Trinajstić information content (AvgIpc) is 2.49. The quantitative estimate of drug-likeness (QED) is 0.888. The molecule has 0 spiro atoms. The second kappa shape index (κ2) is 4.86. The maximum Gasteiger partial charge on any atom is 0.341 e. The highest BCUT2D eigenvalue weighted by atomic mass is 16.4. The Bertz CT molecular complexity index is 733. The van der Waals surface area contributed by atoms with Crippen LogP contribution in [-0.2, 0) is 10.4 Å². The topological polar surface area (TPSA) is 57.5 Å². The van der Waals surface area contributed by atoms with Crippen molar-refractivity contribution < 1.29 is 15.0 Å². The van der Waals surface area contributed by atoms with Crippen LogP contribution in [0.2, 0.25) is 0 Å². The summed E-state index contributed by atoms with van der Waals surface area (Å²) in [4.78, 5) is 11.8. The summed E-state index contributed by atoms with van der Waals surface area (Å²) in [5, 5.41) is 20.7. The third-order valence-electron chi connectivity index (χ3n) is 4.14. The molecule has 0 fully saturated rings. The van der Waals surface area contributed by atoms with Crippen LogP contribution in [0, 0.1) is 6.92 Å². The molecule has 3 rings (SSSR count). The molecule has 0 amide bonds. The van der Waals surface area contributed by atoms with Gasteiger partial charge >= 0.3 is 5.97 Å². The number of hydrogen-bond donors (Lipinski definition) is 2. The number of fused-ring (bicyclic) bond motifs is 1. The van der Waals surface area contributed by atoms with Gasteiger partial charge in [-0.15, -0.1) is 0 Å². The van der Waals surface area contributed by atoms with Crippen molar-refractivity contribution in [3.8, 4) is 0 Å². The fourth-order valence-corrected chi connectivity index (χ4v) is 3.01. The van der Waals surface area contributed by atoms with E-state index in [4.69, 9.17) is 0 Å². The summed E-state index contributed by atoms with van der Waals surface area (Å²) in [6.45, 7) is 1.92. The summed E-state index contributed by atoms with van der Waals surface area (Å²) in [5.74, 6) is -1.83. The summed E-state index contributed by atoms with van der Waals surface area (Å²) in [7, 11) is 0. The van der Waals surface area contributed by atoms with Gasteiger partial charge in [-0.1, -0.05) is 60.7 Å². The predicted octanol–water partition coefficient (Wildman–Crippen LogP) is 3.08. The normalized spacial score (nSPS) is 23.6. The molecule has 0 aromatic heterocycles. The van der Waals surface area contributed by atoms with Crippen molar-refractivity contribution in [1.29, 1.82) is 0 Å². The minimum absolute atomic E-state index is 0.438. The number of aryl methyl sites for hydroxylation is 1. The van der Waals surface area contributed by atoms with Crippen molar-refractivity contribution in [1.82, 2.24) is 0 Å². The van der Waals surface area contributed by atoms with Gasteiger partial charge < -0.3 is 10.2 Å². The molecule has 3 heteroatoms. The maximum absolute atomic E-state index is 11.8. The average molecular weight is 280 g/mol. The Labute approximate surface area is 123 Å². The SMILES string of the molecule is Cc1ccccc1C1C=Cc2ccccc2C1(O)C(=O)O. The molecule has 3 nitrogen and oxygen atoms in total. The Hall–Kier alpha value is -2.39. The van der Waals surface area contributed by atoms with Crippen LogP contribution in [-0.4, -0.2) is 16.2 Å². The molecule has 1 aliphatic carbocycles. The number of carboxylic acids is 1. The van der Waals surface area contributed by atoms with E-state index >= 15 is 0 Å². The largest absolute Gasteiger partial charge is 0.479 e. The summed E-state index contributed by atoms with van der Waals surface area (Å²) >= 11 is 0. The molecular weight excluding hydrogens is 264 g/mol. The van der Waals surface area contributed by atoms with Crippen LogP contribution in [0.3, 0.4) is 0 Å². The number of aliphatic hydroxyl groups is 1. The Balaban J connectivity index is 2.24. The minimum Gasteiger partial charge on any atom is -0.479 e. The van der Waals surface area contributed by atoms with E-state index in [1.54, 1.807) is 18.2 Å². The first-order valence-electron chi connectivity index (χ1n) is 6.84. The number of carbonyl (C=O) groups is 1. The second-order valence-electron chi connectivity index (χ2n) is 5.35. The van der Waals surface area contributed by atoms with Crippen molar-refractivity contribution in [2.75, 3.05) is 0 Å². The Morgan fingerprint density at radius 1 is 1.10 bits per heavy atom. The van der Waals surface area contributed by atoms with E-state index in [2.05, 4.69) is 0 Å². The van der Waals surface area contributed by atoms with Crippen molar-refractivity contribution in [3.63, 3.8) is 0 Å². The Morgan fingerprint density at radius 3 is 2.48 bits per heavy atom. The molecule has 2 N–H and O–H groups in total. The van der Waals surface area contributed by atoms with Gasteiger partial charge in [-0.05, 0) is 23.6 Å². The van der Waals surface area contributed by atoms with Gasteiger partial charge in [0.05, 0.1) is 0 Å². The van der Waals surface area contributed by atoms with Crippen molar-refractivity contribution in [3.05, 3.63) is 76.9 Å². The van der Waals surface area contributed by atoms with E-state index in [-0.39, 0.29) is 0 Å². The van der Waals surface area contributed by atoms with Gasteiger partial charge in [-0.3, -0.25) is 0 Å². The van der Waals surface area contributed by atoms with Crippen LogP contribution in [0.1, 0.15) is 28.2 Å². The fraction of sp³-hybridized carbons (Fsp3) is 0.167. The van der Waals surface area contributed by atoms with Gasteiger partial charge in [0.15, 0.2) is 5.60 Å². The molecule has 2 unspecified atom stereocenters. The van der Waals surface area contributed by atoms with Gasteiger partial charge in [0.25, 0.3) is 0 Å². The summed E-state index contributed by atoms with van der Waals surface area (Å²) < 4.78 is 0. The van der Waals surface area contributed by atoms with Crippen LogP contribution in [0.4, 0.5) is 0 Å².